The number of amides is 1. The van der Waals surface area contributed by atoms with E-state index < -0.39 is 29.1 Å². The number of anilines is 1. The fourth-order valence-corrected chi connectivity index (χ4v) is 2.18. The lowest BCUT2D eigenvalue weighted by molar-refractivity contribution is -0.0330. The van der Waals surface area contributed by atoms with Crippen molar-refractivity contribution in [3.8, 4) is 0 Å². The van der Waals surface area contributed by atoms with Gasteiger partial charge in [0.2, 0.25) is 0 Å². The lowest BCUT2D eigenvalue weighted by atomic mass is 10.4. The molecular weight excluding hydrogens is 381 g/mol. The number of hydrogen-bond donors (Lipinski definition) is 2. The van der Waals surface area contributed by atoms with Crippen LogP contribution in [0.25, 0.3) is 0 Å². The standard InChI is InChI=1S/C14H16ClF3N4O2S/c1-2-22(13(23)24-6-7-25-14(16,17)18)11(12(15)19)9-21-10-4-3-5-20-8-10/h3-5,8-9,19,21H,2,6-7H2,1H3/b11-9+,19-12?. The molecule has 25 heavy (non-hydrogen) atoms. The second-order valence-corrected chi connectivity index (χ2v) is 5.92. The summed E-state index contributed by atoms with van der Waals surface area (Å²) in [6.07, 6.45) is 3.53. The molecule has 0 fully saturated rings. The predicted molar refractivity (Wildman–Crippen MR) is 91.8 cm³/mol. The van der Waals surface area contributed by atoms with Crippen LogP contribution in [-0.2, 0) is 4.74 Å². The molecule has 0 aliphatic carbocycles. The molecule has 11 heteroatoms. The van der Waals surface area contributed by atoms with Gasteiger partial charge in [-0.2, -0.15) is 13.2 Å². The van der Waals surface area contributed by atoms with E-state index in [1.807, 2.05) is 0 Å². The Labute approximate surface area is 151 Å². The summed E-state index contributed by atoms with van der Waals surface area (Å²) in [5.74, 6) is -0.419. The summed E-state index contributed by atoms with van der Waals surface area (Å²) in [5, 5.41) is 9.98. The van der Waals surface area contributed by atoms with E-state index in [0.29, 0.717) is 5.69 Å². The topological polar surface area (TPSA) is 78.3 Å². The summed E-state index contributed by atoms with van der Waals surface area (Å²) in [7, 11) is 0. The number of carbonyl (C=O) groups excluding carboxylic acids is 1. The number of thioether (sulfide) groups is 1. The number of alkyl halides is 3. The predicted octanol–water partition coefficient (Wildman–Crippen LogP) is 4.26. The Balaban J connectivity index is 2.71. The highest BCUT2D eigenvalue weighted by atomic mass is 35.5. The molecule has 0 saturated carbocycles. The van der Waals surface area contributed by atoms with Gasteiger partial charge in [-0.05, 0) is 30.8 Å². The van der Waals surface area contributed by atoms with Crippen molar-refractivity contribution in [3.05, 3.63) is 36.4 Å². The van der Waals surface area contributed by atoms with Crippen LogP contribution >= 0.6 is 23.4 Å². The number of nitrogens with zero attached hydrogens (tertiary/aromatic N) is 2. The second kappa shape index (κ2) is 10.1. The van der Waals surface area contributed by atoms with Crippen LogP contribution in [0.3, 0.4) is 0 Å². The van der Waals surface area contributed by atoms with Gasteiger partial charge in [0.1, 0.15) is 11.8 Å². The SMILES string of the molecule is CCN(C(=O)OCCSC(F)(F)F)/C(=C/Nc1cccnc1)C(=N)Cl. The molecule has 0 bridgehead atoms. The zero-order valence-corrected chi connectivity index (χ0v) is 14.7. The van der Waals surface area contributed by atoms with Crippen molar-refractivity contribution in [2.75, 3.05) is 24.2 Å². The number of pyridine rings is 1. The Bertz CT molecular complexity index is 614. The molecule has 6 nitrogen and oxygen atoms in total. The first-order valence-corrected chi connectivity index (χ1v) is 8.37. The minimum atomic E-state index is -4.38. The lowest BCUT2D eigenvalue weighted by Gasteiger charge is -2.22. The molecule has 0 radical (unpaired) electrons. The maximum Gasteiger partial charge on any atom is 0.441 e. The highest BCUT2D eigenvalue weighted by Crippen LogP contribution is 2.29. The smallest absolute Gasteiger partial charge is 0.441 e. The van der Waals surface area contributed by atoms with Gasteiger partial charge in [-0.1, -0.05) is 11.6 Å². The Hall–Kier alpha value is -1.94. The van der Waals surface area contributed by atoms with E-state index in [4.69, 9.17) is 21.7 Å². The summed E-state index contributed by atoms with van der Waals surface area (Å²) in [4.78, 5) is 17.0. The van der Waals surface area contributed by atoms with Crippen LogP contribution in [0.2, 0.25) is 0 Å². The minimum absolute atomic E-state index is 0.0153. The fourth-order valence-electron chi connectivity index (χ4n) is 1.62. The molecule has 1 rings (SSSR count). The van der Waals surface area contributed by atoms with Crippen LogP contribution in [0.4, 0.5) is 23.7 Å². The van der Waals surface area contributed by atoms with Crippen molar-refractivity contribution >= 4 is 40.3 Å². The molecule has 0 spiro atoms. The molecule has 1 heterocycles. The van der Waals surface area contributed by atoms with Crippen LogP contribution < -0.4 is 5.32 Å². The van der Waals surface area contributed by atoms with Crippen molar-refractivity contribution in [3.63, 3.8) is 0 Å². The monoisotopic (exact) mass is 396 g/mol. The number of aromatic nitrogens is 1. The van der Waals surface area contributed by atoms with Crippen molar-refractivity contribution in [2.24, 2.45) is 0 Å². The van der Waals surface area contributed by atoms with Crippen molar-refractivity contribution in [1.29, 1.82) is 5.41 Å². The maximum absolute atomic E-state index is 12.0. The normalized spacial score (nSPS) is 11.8. The summed E-state index contributed by atoms with van der Waals surface area (Å²) in [6.45, 7) is 1.31. The molecule has 0 aliphatic heterocycles. The van der Waals surface area contributed by atoms with Crippen molar-refractivity contribution in [1.82, 2.24) is 9.88 Å². The first kappa shape index (κ1) is 21.1. The van der Waals surface area contributed by atoms with Gasteiger partial charge in [-0.25, -0.2) is 4.79 Å². The number of halogens is 4. The van der Waals surface area contributed by atoms with E-state index in [2.05, 4.69) is 10.3 Å². The van der Waals surface area contributed by atoms with E-state index in [1.54, 1.807) is 25.3 Å². The first-order valence-electron chi connectivity index (χ1n) is 7.00. The van der Waals surface area contributed by atoms with Gasteiger partial charge in [0, 0.05) is 24.7 Å². The van der Waals surface area contributed by atoms with Crippen LogP contribution in [-0.4, -0.2) is 45.6 Å². The Morgan fingerprint density at radius 1 is 1.56 bits per heavy atom. The highest BCUT2D eigenvalue weighted by Gasteiger charge is 2.28. The highest BCUT2D eigenvalue weighted by molar-refractivity contribution is 8.00. The van der Waals surface area contributed by atoms with Gasteiger partial charge in [-0.3, -0.25) is 15.3 Å². The quantitative estimate of drug-likeness (QED) is 0.507. The van der Waals surface area contributed by atoms with Gasteiger partial charge >= 0.3 is 11.6 Å². The number of rotatable bonds is 8. The second-order valence-electron chi connectivity index (χ2n) is 4.38. The average Bonchev–Trinajstić information content (AvgIpc) is 2.55. The number of allylic oxidation sites excluding steroid dienone is 1. The third-order valence-electron chi connectivity index (χ3n) is 2.66. The third-order valence-corrected chi connectivity index (χ3v) is 3.56. The molecule has 0 aromatic carbocycles. The van der Waals surface area contributed by atoms with E-state index in [0.717, 1.165) is 4.90 Å². The van der Waals surface area contributed by atoms with Crippen LogP contribution in [0.15, 0.2) is 36.4 Å². The van der Waals surface area contributed by atoms with Gasteiger partial charge in [0.15, 0.2) is 0 Å². The number of nitrogens with one attached hydrogen (secondary N) is 2. The van der Waals surface area contributed by atoms with Crippen molar-refractivity contribution < 1.29 is 22.7 Å². The van der Waals surface area contributed by atoms with E-state index in [9.17, 15) is 18.0 Å². The molecule has 0 unspecified atom stereocenters. The van der Waals surface area contributed by atoms with Gasteiger partial charge in [0.05, 0.1) is 17.6 Å². The molecule has 0 saturated heterocycles. The zero-order valence-electron chi connectivity index (χ0n) is 13.1. The van der Waals surface area contributed by atoms with Gasteiger partial charge in [0.25, 0.3) is 0 Å². The molecule has 2 N–H and O–H groups in total. The van der Waals surface area contributed by atoms with Gasteiger partial charge < -0.3 is 10.1 Å². The largest absolute Gasteiger partial charge is 0.448 e. The molecule has 1 aromatic heterocycles. The van der Waals surface area contributed by atoms with Crippen molar-refractivity contribution in [2.45, 2.75) is 12.4 Å². The number of ether oxygens (including phenoxy) is 1. The summed E-state index contributed by atoms with van der Waals surface area (Å²) in [5.41, 5.74) is -3.77. The zero-order chi connectivity index (χ0) is 18.9. The maximum atomic E-state index is 12.0. The van der Waals surface area contributed by atoms with E-state index >= 15 is 0 Å². The van der Waals surface area contributed by atoms with E-state index in [1.165, 1.54) is 12.4 Å². The molecule has 0 atom stereocenters. The van der Waals surface area contributed by atoms with Crippen LogP contribution in [0.5, 0.6) is 0 Å². The summed E-state index contributed by atoms with van der Waals surface area (Å²) >= 11 is 5.43. The van der Waals surface area contributed by atoms with E-state index in [-0.39, 0.29) is 24.0 Å². The minimum Gasteiger partial charge on any atom is -0.448 e. The Kier molecular flexibility index (Phi) is 8.56. The van der Waals surface area contributed by atoms with Gasteiger partial charge in [-0.15, -0.1) is 0 Å². The first-order chi connectivity index (χ1) is 11.7. The summed E-state index contributed by atoms with van der Waals surface area (Å²) < 4.78 is 40.9. The Morgan fingerprint density at radius 2 is 2.28 bits per heavy atom. The molecule has 138 valence electrons. The number of hydrogen-bond acceptors (Lipinski definition) is 6. The fraction of sp³-hybridized carbons (Fsp3) is 0.357. The van der Waals surface area contributed by atoms with Crippen LogP contribution in [0, 0.1) is 5.41 Å². The average molecular weight is 397 g/mol. The van der Waals surface area contributed by atoms with Crippen LogP contribution in [0.1, 0.15) is 6.92 Å². The molecule has 1 aromatic rings. The summed E-state index contributed by atoms with van der Waals surface area (Å²) in [6, 6.07) is 3.40. The molecular formula is C14H16ClF3N4O2S. The molecule has 0 aliphatic rings. The Morgan fingerprint density at radius 3 is 2.80 bits per heavy atom. The lowest BCUT2D eigenvalue weighted by Crippen LogP contribution is -2.34. The third kappa shape index (κ3) is 8.12. The molecule has 1 amide bonds. The number of carbonyl (C=O) groups is 1.